The topological polar surface area (TPSA) is 115 Å². The number of benzene rings is 2. The summed E-state index contributed by atoms with van der Waals surface area (Å²) in [7, 11) is 2.70. The van der Waals surface area contributed by atoms with Crippen LogP contribution in [0.2, 0.25) is 0 Å². The van der Waals surface area contributed by atoms with E-state index in [1.54, 1.807) is 18.3 Å². The molecule has 0 amide bonds. The van der Waals surface area contributed by atoms with Crippen molar-refractivity contribution in [3.05, 3.63) is 59.0 Å². The predicted octanol–water partition coefficient (Wildman–Crippen LogP) is 2.55. The standard InChI is InChI=1S/C24H25NO8/c1-30-19-6-3-14(11-18(19)27)16(12-21(28)31-2)22-17(26)5-4-15-23(29)20(33-24(15)22)13-25-7-9-32-10-8-25/h3-6,11,13,16,26-27H,7-10,12H2,1-2H3/b20-13-. The van der Waals surface area contributed by atoms with Crippen molar-refractivity contribution in [3.63, 3.8) is 0 Å². The summed E-state index contributed by atoms with van der Waals surface area (Å²) in [6.45, 7) is 2.37. The number of ketones is 1. The number of carbonyl (C=O) groups is 2. The number of aromatic hydroxyl groups is 2. The third kappa shape index (κ3) is 4.45. The Morgan fingerprint density at radius 1 is 1.15 bits per heavy atom. The smallest absolute Gasteiger partial charge is 0.306 e. The van der Waals surface area contributed by atoms with Crippen LogP contribution in [-0.4, -0.2) is 67.4 Å². The van der Waals surface area contributed by atoms with Crippen molar-refractivity contribution in [2.45, 2.75) is 12.3 Å². The van der Waals surface area contributed by atoms with E-state index in [0.717, 1.165) is 0 Å². The monoisotopic (exact) mass is 455 g/mol. The summed E-state index contributed by atoms with van der Waals surface area (Å²) >= 11 is 0. The minimum atomic E-state index is -0.750. The molecule has 0 saturated carbocycles. The van der Waals surface area contributed by atoms with E-state index in [1.807, 2.05) is 4.90 Å². The van der Waals surface area contributed by atoms with E-state index >= 15 is 0 Å². The van der Waals surface area contributed by atoms with Gasteiger partial charge in [0.15, 0.2) is 17.3 Å². The normalized spacial score (nSPS) is 17.5. The van der Waals surface area contributed by atoms with Crippen molar-refractivity contribution >= 4 is 11.8 Å². The quantitative estimate of drug-likeness (QED) is 0.501. The van der Waals surface area contributed by atoms with Gasteiger partial charge in [-0.05, 0) is 29.8 Å². The first-order valence-electron chi connectivity index (χ1n) is 10.5. The molecule has 0 bridgehead atoms. The number of hydrogen-bond acceptors (Lipinski definition) is 9. The average molecular weight is 455 g/mol. The van der Waals surface area contributed by atoms with Crippen LogP contribution >= 0.6 is 0 Å². The first-order valence-corrected chi connectivity index (χ1v) is 10.5. The molecule has 9 nitrogen and oxygen atoms in total. The molecule has 33 heavy (non-hydrogen) atoms. The number of fused-ring (bicyclic) bond motifs is 1. The summed E-state index contributed by atoms with van der Waals surface area (Å²) in [5, 5.41) is 21.1. The van der Waals surface area contributed by atoms with Crippen LogP contribution in [0.5, 0.6) is 23.0 Å². The van der Waals surface area contributed by atoms with Crippen molar-refractivity contribution in [2.75, 3.05) is 40.5 Å². The van der Waals surface area contributed by atoms with Crippen molar-refractivity contribution in [1.29, 1.82) is 0 Å². The lowest BCUT2D eigenvalue weighted by Crippen LogP contribution is -2.32. The van der Waals surface area contributed by atoms with Gasteiger partial charge in [-0.3, -0.25) is 9.59 Å². The number of Topliss-reactive ketones (excluding diaryl/α,β-unsaturated/α-hetero) is 1. The number of morpholine rings is 1. The maximum Gasteiger partial charge on any atom is 0.306 e. The van der Waals surface area contributed by atoms with Gasteiger partial charge in [-0.15, -0.1) is 0 Å². The van der Waals surface area contributed by atoms with Gasteiger partial charge in [-0.2, -0.15) is 0 Å². The second-order valence-electron chi connectivity index (χ2n) is 7.71. The predicted molar refractivity (Wildman–Crippen MR) is 117 cm³/mol. The van der Waals surface area contributed by atoms with Gasteiger partial charge >= 0.3 is 5.97 Å². The molecule has 2 aliphatic heterocycles. The van der Waals surface area contributed by atoms with Crippen LogP contribution in [0, 0.1) is 0 Å². The zero-order valence-corrected chi connectivity index (χ0v) is 18.4. The molecule has 0 aliphatic carbocycles. The number of carbonyl (C=O) groups excluding carboxylic acids is 2. The van der Waals surface area contributed by atoms with Crippen LogP contribution in [0.3, 0.4) is 0 Å². The Morgan fingerprint density at radius 2 is 1.91 bits per heavy atom. The minimum Gasteiger partial charge on any atom is -0.508 e. The molecular weight excluding hydrogens is 430 g/mol. The molecular formula is C24H25NO8. The molecule has 2 N–H and O–H groups in total. The van der Waals surface area contributed by atoms with Crippen LogP contribution in [0.4, 0.5) is 0 Å². The van der Waals surface area contributed by atoms with Gasteiger partial charge in [-0.25, -0.2) is 0 Å². The van der Waals surface area contributed by atoms with Crippen LogP contribution in [-0.2, 0) is 14.3 Å². The van der Waals surface area contributed by atoms with Crippen molar-refractivity contribution in [2.24, 2.45) is 0 Å². The fourth-order valence-electron chi connectivity index (χ4n) is 4.02. The number of rotatable bonds is 6. The number of nitrogens with zero attached hydrogens (tertiary/aromatic N) is 1. The maximum absolute atomic E-state index is 13.0. The molecule has 2 aromatic carbocycles. The lowest BCUT2D eigenvalue weighted by atomic mass is 9.86. The van der Waals surface area contributed by atoms with E-state index in [0.29, 0.717) is 31.9 Å². The Kier molecular flexibility index (Phi) is 6.41. The SMILES string of the molecule is COC(=O)CC(c1ccc(OC)c(O)c1)c1c(O)ccc2c1O/C(=C\N1CCOCC1)C2=O. The summed E-state index contributed by atoms with van der Waals surface area (Å²) in [4.78, 5) is 27.2. The largest absolute Gasteiger partial charge is 0.508 e. The van der Waals surface area contributed by atoms with Gasteiger partial charge < -0.3 is 34.1 Å². The summed E-state index contributed by atoms with van der Waals surface area (Å²) in [5.74, 6) is -1.27. The average Bonchev–Trinajstić information content (AvgIpc) is 3.13. The summed E-state index contributed by atoms with van der Waals surface area (Å²) < 4.78 is 21.3. The van der Waals surface area contributed by atoms with Gasteiger partial charge in [0.1, 0.15) is 11.5 Å². The highest BCUT2D eigenvalue weighted by atomic mass is 16.5. The van der Waals surface area contributed by atoms with Gasteiger partial charge in [0.05, 0.1) is 39.4 Å². The molecule has 1 atom stereocenters. The number of methoxy groups -OCH3 is 2. The number of phenolic OH excluding ortho intramolecular Hbond substituents is 2. The van der Waals surface area contributed by atoms with E-state index in [-0.39, 0.29) is 52.1 Å². The Balaban J connectivity index is 1.78. The van der Waals surface area contributed by atoms with Crippen LogP contribution in [0.25, 0.3) is 0 Å². The molecule has 2 aliphatic rings. The van der Waals surface area contributed by atoms with Crippen LogP contribution in [0.1, 0.15) is 33.8 Å². The van der Waals surface area contributed by atoms with Gasteiger partial charge in [0.25, 0.3) is 0 Å². The Bertz CT molecular complexity index is 1100. The van der Waals surface area contributed by atoms with E-state index in [4.69, 9.17) is 18.9 Å². The van der Waals surface area contributed by atoms with Gasteiger partial charge in [0.2, 0.25) is 5.78 Å². The maximum atomic E-state index is 13.0. The summed E-state index contributed by atoms with van der Waals surface area (Å²) in [6.07, 6.45) is 1.51. The van der Waals surface area contributed by atoms with E-state index in [2.05, 4.69) is 0 Å². The Morgan fingerprint density at radius 3 is 2.58 bits per heavy atom. The first-order chi connectivity index (χ1) is 15.9. The summed E-state index contributed by atoms with van der Waals surface area (Å²) in [6, 6.07) is 7.59. The molecule has 174 valence electrons. The zero-order valence-electron chi connectivity index (χ0n) is 18.4. The van der Waals surface area contributed by atoms with Crippen molar-refractivity contribution in [3.8, 4) is 23.0 Å². The van der Waals surface area contributed by atoms with Crippen molar-refractivity contribution in [1.82, 2.24) is 4.90 Å². The van der Waals surface area contributed by atoms with Crippen LogP contribution < -0.4 is 9.47 Å². The highest BCUT2D eigenvalue weighted by Crippen LogP contribution is 2.47. The molecule has 1 unspecified atom stereocenters. The molecule has 1 saturated heterocycles. The molecule has 4 rings (SSSR count). The number of hydrogen-bond donors (Lipinski definition) is 2. The van der Waals surface area contributed by atoms with Gasteiger partial charge in [-0.1, -0.05) is 6.07 Å². The summed E-state index contributed by atoms with van der Waals surface area (Å²) in [5.41, 5.74) is 1.07. The van der Waals surface area contributed by atoms with E-state index in [1.165, 1.54) is 32.4 Å². The van der Waals surface area contributed by atoms with E-state index in [9.17, 15) is 19.8 Å². The highest BCUT2D eigenvalue weighted by molar-refractivity contribution is 6.12. The number of phenols is 2. The fraction of sp³-hybridized carbons (Fsp3) is 0.333. The first kappa shape index (κ1) is 22.5. The van der Waals surface area contributed by atoms with Gasteiger partial charge in [0, 0.05) is 30.8 Å². The number of allylic oxidation sites excluding steroid dienone is 1. The van der Waals surface area contributed by atoms with Crippen molar-refractivity contribution < 1.29 is 38.7 Å². The molecule has 9 heteroatoms. The molecule has 2 aromatic rings. The lowest BCUT2D eigenvalue weighted by molar-refractivity contribution is -0.140. The second kappa shape index (κ2) is 9.41. The molecule has 1 fully saturated rings. The Labute approximate surface area is 190 Å². The second-order valence-corrected chi connectivity index (χ2v) is 7.71. The fourth-order valence-corrected chi connectivity index (χ4v) is 4.02. The molecule has 2 heterocycles. The number of ether oxygens (including phenoxy) is 4. The van der Waals surface area contributed by atoms with Crippen LogP contribution in [0.15, 0.2) is 42.3 Å². The molecule has 0 aromatic heterocycles. The van der Waals surface area contributed by atoms with E-state index < -0.39 is 11.9 Å². The highest BCUT2D eigenvalue weighted by Gasteiger charge is 2.36. The number of esters is 1. The Hall–Kier alpha value is -3.72. The lowest BCUT2D eigenvalue weighted by Gasteiger charge is -2.25. The third-order valence-corrected chi connectivity index (χ3v) is 5.75. The third-order valence-electron chi connectivity index (χ3n) is 5.75. The zero-order chi connectivity index (χ0) is 23.5. The minimum absolute atomic E-state index is 0.123. The molecule has 0 spiro atoms. The molecule has 0 radical (unpaired) electrons.